The standard InChI is InChI=1S/C22H24N4O3S/c1-12(2)11-26-22(29)14-8-4-3-7-13(14)18(25-26)20(28)24-21-17(19(23)27)15-9-5-6-10-16(15)30-21/h3-4,7-8,12H,5-6,9-11H2,1-2H3,(H2,23,27)(H,24,28). The SMILES string of the molecule is CC(C)Cn1nc(C(=O)Nc2sc3c(c2C(N)=O)CCCC3)c2ccccc2c1=O. The minimum atomic E-state index is -0.535. The Balaban J connectivity index is 1.79. The second kappa shape index (κ2) is 8.02. The Morgan fingerprint density at radius 1 is 1.20 bits per heavy atom. The second-order valence-electron chi connectivity index (χ2n) is 8.01. The summed E-state index contributed by atoms with van der Waals surface area (Å²) in [5.41, 5.74) is 6.94. The molecule has 0 unspecified atom stereocenters. The Morgan fingerprint density at radius 2 is 1.90 bits per heavy atom. The molecule has 0 bridgehead atoms. The van der Waals surface area contributed by atoms with Gasteiger partial charge in [0.05, 0.1) is 10.9 Å². The lowest BCUT2D eigenvalue weighted by Gasteiger charge is -2.13. The zero-order valence-electron chi connectivity index (χ0n) is 17.0. The van der Waals surface area contributed by atoms with Gasteiger partial charge in [0.15, 0.2) is 5.69 Å². The molecular formula is C22H24N4O3S. The van der Waals surface area contributed by atoms with Gasteiger partial charge < -0.3 is 11.1 Å². The Hall–Kier alpha value is -3.00. The number of benzene rings is 1. The minimum Gasteiger partial charge on any atom is -0.365 e. The van der Waals surface area contributed by atoms with Crippen molar-refractivity contribution in [2.24, 2.45) is 11.7 Å². The van der Waals surface area contributed by atoms with Crippen LogP contribution >= 0.6 is 11.3 Å². The van der Waals surface area contributed by atoms with E-state index in [0.717, 1.165) is 36.1 Å². The van der Waals surface area contributed by atoms with Gasteiger partial charge in [0.2, 0.25) is 0 Å². The number of carbonyl (C=O) groups is 2. The van der Waals surface area contributed by atoms with Crippen molar-refractivity contribution in [1.82, 2.24) is 9.78 Å². The number of amides is 2. The van der Waals surface area contributed by atoms with Crippen molar-refractivity contribution < 1.29 is 9.59 Å². The van der Waals surface area contributed by atoms with E-state index in [4.69, 9.17) is 5.73 Å². The average Bonchev–Trinajstić information content (AvgIpc) is 3.07. The Kier molecular flexibility index (Phi) is 5.42. The molecule has 4 rings (SSSR count). The zero-order valence-corrected chi connectivity index (χ0v) is 17.8. The quantitative estimate of drug-likeness (QED) is 0.655. The summed E-state index contributed by atoms with van der Waals surface area (Å²) >= 11 is 1.41. The number of fused-ring (bicyclic) bond motifs is 2. The van der Waals surface area contributed by atoms with Crippen LogP contribution in [0.1, 0.15) is 58.0 Å². The summed E-state index contributed by atoms with van der Waals surface area (Å²) in [6.45, 7) is 4.38. The average molecular weight is 425 g/mol. The van der Waals surface area contributed by atoms with Crippen molar-refractivity contribution >= 4 is 38.9 Å². The van der Waals surface area contributed by atoms with Crippen LogP contribution in [0.2, 0.25) is 0 Å². The third-order valence-electron chi connectivity index (χ3n) is 5.27. The fourth-order valence-electron chi connectivity index (χ4n) is 3.95. The fourth-order valence-corrected chi connectivity index (χ4v) is 5.24. The number of nitrogens with two attached hydrogens (primary N) is 1. The molecule has 0 radical (unpaired) electrons. The fraction of sp³-hybridized carbons (Fsp3) is 0.364. The van der Waals surface area contributed by atoms with E-state index in [1.165, 1.54) is 16.0 Å². The lowest BCUT2D eigenvalue weighted by atomic mass is 9.95. The Bertz CT molecular complexity index is 1210. The molecule has 0 aliphatic heterocycles. The lowest BCUT2D eigenvalue weighted by Crippen LogP contribution is -2.29. The van der Waals surface area contributed by atoms with Gasteiger partial charge in [-0.2, -0.15) is 5.10 Å². The number of nitrogens with zero attached hydrogens (tertiary/aromatic N) is 2. The van der Waals surface area contributed by atoms with Crippen molar-refractivity contribution in [2.45, 2.75) is 46.1 Å². The molecular weight excluding hydrogens is 400 g/mol. The second-order valence-corrected chi connectivity index (χ2v) is 9.11. The summed E-state index contributed by atoms with van der Waals surface area (Å²) in [6.07, 6.45) is 3.74. The maximum Gasteiger partial charge on any atom is 0.277 e. The number of aromatic nitrogens is 2. The number of carbonyl (C=O) groups excluding carboxylic acids is 2. The Labute approximate surface area is 177 Å². The van der Waals surface area contributed by atoms with Crippen LogP contribution in [0.4, 0.5) is 5.00 Å². The molecule has 1 aliphatic carbocycles. The van der Waals surface area contributed by atoms with E-state index in [9.17, 15) is 14.4 Å². The molecule has 2 aromatic heterocycles. The molecule has 1 aromatic carbocycles. The smallest absolute Gasteiger partial charge is 0.277 e. The predicted molar refractivity (Wildman–Crippen MR) is 118 cm³/mol. The van der Waals surface area contributed by atoms with Crippen LogP contribution in [0, 0.1) is 5.92 Å². The maximum absolute atomic E-state index is 13.2. The third-order valence-corrected chi connectivity index (χ3v) is 6.47. The first kappa shape index (κ1) is 20.3. The molecule has 30 heavy (non-hydrogen) atoms. The highest BCUT2D eigenvalue weighted by Gasteiger charge is 2.26. The van der Waals surface area contributed by atoms with E-state index in [1.807, 2.05) is 13.8 Å². The van der Waals surface area contributed by atoms with Crippen LogP contribution in [0.25, 0.3) is 10.8 Å². The number of hydrogen-bond donors (Lipinski definition) is 2. The molecule has 7 nitrogen and oxygen atoms in total. The summed E-state index contributed by atoms with van der Waals surface area (Å²) < 4.78 is 1.34. The summed E-state index contributed by atoms with van der Waals surface area (Å²) in [4.78, 5) is 39.2. The molecule has 0 fully saturated rings. The van der Waals surface area contributed by atoms with Crippen LogP contribution in [-0.4, -0.2) is 21.6 Å². The summed E-state index contributed by atoms with van der Waals surface area (Å²) in [6, 6.07) is 6.95. The molecule has 2 heterocycles. The minimum absolute atomic E-state index is 0.160. The first-order valence-electron chi connectivity index (χ1n) is 10.1. The van der Waals surface area contributed by atoms with E-state index in [0.29, 0.717) is 27.9 Å². The molecule has 156 valence electrons. The molecule has 3 N–H and O–H groups in total. The van der Waals surface area contributed by atoms with E-state index in [2.05, 4.69) is 10.4 Å². The topological polar surface area (TPSA) is 107 Å². The molecule has 0 saturated heterocycles. The number of rotatable bonds is 5. The number of anilines is 1. The van der Waals surface area contributed by atoms with Crippen molar-refractivity contribution in [1.29, 1.82) is 0 Å². The van der Waals surface area contributed by atoms with Gasteiger partial charge in [-0.1, -0.05) is 32.0 Å². The third kappa shape index (κ3) is 3.63. The van der Waals surface area contributed by atoms with Gasteiger partial charge in [-0.3, -0.25) is 14.4 Å². The first-order valence-corrected chi connectivity index (χ1v) is 10.9. The molecule has 1 aliphatic rings. The van der Waals surface area contributed by atoms with Gasteiger partial charge in [0.25, 0.3) is 17.4 Å². The van der Waals surface area contributed by atoms with Crippen LogP contribution in [0.3, 0.4) is 0 Å². The van der Waals surface area contributed by atoms with Gasteiger partial charge >= 0.3 is 0 Å². The highest BCUT2D eigenvalue weighted by molar-refractivity contribution is 7.17. The number of nitrogens with one attached hydrogen (secondary N) is 1. The number of aryl methyl sites for hydroxylation is 1. The van der Waals surface area contributed by atoms with Crippen molar-refractivity contribution in [3.05, 3.63) is 56.3 Å². The Morgan fingerprint density at radius 3 is 2.60 bits per heavy atom. The molecule has 2 amide bonds. The summed E-state index contributed by atoms with van der Waals surface area (Å²) in [5, 5.41) is 8.63. The van der Waals surface area contributed by atoms with Crippen molar-refractivity contribution in [3.63, 3.8) is 0 Å². The lowest BCUT2D eigenvalue weighted by molar-refractivity contribution is 0.100. The van der Waals surface area contributed by atoms with Gasteiger partial charge in [-0.05, 0) is 43.2 Å². The highest BCUT2D eigenvalue weighted by Crippen LogP contribution is 2.38. The largest absolute Gasteiger partial charge is 0.365 e. The molecule has 0 saturated carbocycles. The van der Waals surface area contributed by atoms with Crippen LogP contribution < -0.4 is 16.6 Å². The maximum atomic E-state index is 13.2. The normalized spacial score (nSPS) is 13.4. The molecule has 8 heteroatoms. The molecule has 0 spiro atoms. The van der Waals surface area contributed by atoms with Crippen LogP contribution in [0.5, 0.6) is 0 Å². The van der Waals surface area contributed by atoms with Crippen LogP contribution in [0.15, 0.2) is 29.1 Å². The van der Waals surface area contributed by atoms with Gasteiger partial charge in [-0.25, -0.2) is 4.68 Å². The van der Waals surface area contributed by atoms with E-state index in [1.54, 1.807) is 24.3 Å². The van der Waals surface area contributed by atoms with E-state index in [-0.39, 0.29) is 17.2 Å². The van der Waals surface area contributed by atoms with Crippen LogP contribution in [-0.2, 0) is 19.4 Å². The van der Waals surface area contributed by atoms with E-state index < -0.39 is 11.8 Å². The number of hydrogen-bond acceptors (Lipinski definition) is 5. The highest BCUT2D eigenvalue weighted by atomic mass is 32.1. The first-order chi connectivity index (χ1) is 14.4. The monoisotopic (exact) mass is 424 g/mol. The van der Waals surface area contributed by atoms with Gasteiger partial charge in [0, 0.05) is 16.8 Å². The molecule has 0 atom stereocenters. The zero-order chi connectivity index (χ0) is 21.4. The van der Waals surface area contributed by atoms with E-state index >= 15 is 0 Å². The van der Waals surface area contributed by atoms with Crippen molar-refractivity contribution in [2.75, 3.05) is 5.32 Å². The van der Waals surface area contributed by atoms with Gasteiger partial charge in [0.1, 0.15) is 5.00 Å². The van der Waals surface area contributed by atoms with Crippen molar-refractivity contribution in [3.8, 4) is 0 Å². The summed E-state index contributed by atoms with van der Waals surface area (Å²) in [7, 11) is 0. The molecule has 3 aromatic rings. The predicted octanol–water partition coefficient (Wildman–Crippen LogP) is 3.34. The number of primary amides is 1. The number of thiophene rings is 1. The summed E-state index contributed by atoms with van der Waals surface area (Å²) in [5.74, 6) is -0.796. The van der Waals surface area contributed by atoms with Gasteiger partial charge in [-0.15, -0.1) is 11.3 Å².